The fourth-order valence-electron chi connectivity index (χ4n) is 3.60. The summed E-state index contributed by atoms with van der Waals surface area (Å²) in [7, 11) is 0. The van der Waals surface area contributed by atoms with E-state index >= 15 is 0 Å². The number of hydrogen-bond acceptors (Lipinski definition) is 2. The van der Waals surface area contributed by atoms with Gasteiger partial charge in [-0.25, -0.2) is 0 Å². The summed E-state index contributed by atoms with van der Waals surface area (Å²) in [6.45, 7) is 3.91. The van der Waals surface area contributed by atoms with Crippen molar-refractivity contribution in [3.63, 3.8) is 0 Å². The lowest BCUT2D eigenvalue weighted by Crippen LogP contribution is -2.56. The normalized spacial score (nSPS) is 25.7. The number of hydrogen-bond donors (Lipinski definition) is 1. The lowest BCUT2D eigenvalue weighted by molar-refractivity contribution is -0.127. The van der Waals surface area contributed by atoms with Crippen LogP contribution in [0.1, 0.15) is 51.0 Å². The van der Waals surface area contributed by atoms with Crippen molar-refractivity contribution in [1.29, 1.82) is 0 Å². The molecule has 1 aromatic carbocycles. The van der Waals surface area contributed by atoms with Crippen molar-refractivity contribution < 1.29 is 9.59 Å². The first-order chi connectivity index (χ1) is 10.5. The molecule has 1 saturated carbocycles. The van der Waals surface area contributed by atoms with Gasteiger partial charge in [0, 0.05) is 18.2 Å². The molecule has 0 aromatic heterocycles. The fraction of sp³-hybridized carbons (Fsp3) is 0.556. The first-order valence-electron chi connectivity index (χ1n) is 8.21. The largest absolute Gasteiger partial charge is 0.351 e. The highest BCUT2D eigenvalue weighted by molar-refractivity contribution is 6.06. The van der Waals surface area contributed by atoms with Gasteiger partial charge in [-0.3, -0.25) is 14.5 Å². The van der Waals surface area contributed by atoms with Gasteiger partial charge in [-0.05, 0) is 45.2 Å². The van der Waals surface area contributed by atoms with Crippen molar-refractivity contribution in [3.8, 4) is 0 Å². The van der Waals surface area contributed by atoms with Gasteiger partial charge in [0.15, 0.2) is 0 Å². The number of carbonyl (C=O) groups excluding carboxylic acids is 2. The van der Waals surface area contributed by atoms with Crippen LogP contribution in [0, 0.1) is 6.92 Å². The minimum Gasteiger partial charge on any atom is -0.351 e. The van der Waals surface area contributed by atoms with Gasteiger partial charge < -0.3 is 5.32 Å². The lowest BCUT2D eigenvalue weighted by Gasteiger charge is -2.35. The predicted octanol–water partition coefficient (Wildman–Crippen LogP) is 2.94. The van der Waals surface area contributed by atoms with Crippen LogP contribution in [0.25, 0.3) is 0 Å². The van der Waals surface area contributed by atoms with E-state index in [9.17, 15) is 9.59 Å². The van der Waals surface area contributed by atoms with Gasteiger partial charge in [-0.1, -0.05) is 30.5 Å². The minimum atomic E-state index is -0.769. The standard InChI is InChI=1S/C18H24N2O2/c1-13-7-9-15(10-8-13)20-16(21)11-12-18(20,2)17(22)19-14-5-3-4-6-14/h7-10,14H,3-6,11-12H2,1-2H3,(H,19,22). The molecular weight excluding hydrogens is 276 g/mol. The predicted molar refractivity (Wildman–Crippen MR) is 86.7 cm³/mol. The third kappa shape index (κ3) is 2.62. The summed E-state index contributed by atoms with van der Waals surface area (Å²) in [5.74, 6) is 0.0266. The molecular formula is C18H24N2O2. The first-order valence-corrected chi connectivity index (χ1v) is 8.21. The second-order valence-corrected chi connectivity index (χ2v) is 6.79. The van der Waals surface area contributed by atoms with Crippen LogP contribution in [0.5, 0.6) is 0 Å². The average Bonchev–Trinajstić information content (AvgIpc) is 3.10. The first kappa shape index (κ1) is 15.1. The van der Waals surface area contributed by atoms with Gasteiger partial charge in [-0.15, -0.1) is 0 Å². The molecule has 1 N–H and O–H groups in total. The maximum Gasteiger partial charge on any atom is 0.246 e. The molecule has 0 spiro atoms. The minimum absolute atomic E-state index is 0.00850. The Morgan fingerprint density at radius 2 is 1.86 bits per heavy atom. The summed E-state index contributed by atoms with van der Waals surface area (Å²) < 4.78 is 0. The summed E-state index contributed by atoms with van der Waals surface area (Å²) >= 11 is 0. The molecule has 0 radical (unpaired) electrons. The number of anilines is 1. The van der Waals surface area contributed by atoms with Crippen molar-refractivity contribution in [1.82, 2.24) is 5.32 Å². The van der Waals surface area contributed by atoms with Gasteiger partial charge in [0.25, 0.3) is 0 Å². The number of aryl methyl sites for hydroxylation is 1. The maximum absolute atomic E-state index is 12.8. The molecule has 22 heavy (non-hydrogen) atoms. The molecule has 1 unspecified atom stereocenters. The Hall–Kier alpha value is -1.84. The topological polar surface area (TPSA) is 49.4 Å². The van der Waals surface area contributed by atoms with Crippen LogP contribution in [0.15, 0.2) is 24.3 Å². The van der Waals surface area contributed by atoms with Crippen LogP contribution >= 0.6 is 0 Å². The number of rotatable bonds is 3. The van der Waals surface area contributed by atoms with Crippen molar-refractivity contribution in [2.24, 2.45) is 0 Å². The Kier molecular flexibility index (Phi) is 3.94. The van der Waals surface area contributed by atoms with E-state index in [1.165, 1.54) is 12.8 Å². The summed E-state index contributed by atoms with van der Waals surface area (Å²) in [6.07, 6.45) is 5.49. The highest BCUT2D eigenvalue weighted by Crippen LogP contribution is 2.35. The van der Waals surface area contributed by atoms with E-state index in [4.69, 9.17) is 0 Å². The van der Waals surface area contributed by atoms with Gasteiger partial charge in [0.05, 0.1) is 0 Å². The van der Waals surface area contributed by atoms with Crippen LogP contribution in [-0.2, 0) is 9.59 Å². The average molecular weight is 300 g/mol. The van der Waals surface area contributed by atoms with E-state index in [1.54, 1.807) is 4.90 Å². The van der Waals surface area contributed by atoms with E-state index in [-0.39, 0.29) is 17.9 Å². The van der Waals surface area contributed by atoms with Gasteiger partial charge >= 0.3 is 0 Å². The molecule has 3 rings (SSSR count). The summed E-state index contributed by atoms with van der Waals surface area (Å²) in [6, 6.07) is 8.10. The lowest BCUT2D eigenvalue weighted by atomic mass is 9.96. The van der Waals surface area contributed by atoms with E-state index < -0.39 is 5.54 Å². The highest BCUT2D eigenvalue weighted by Gasteiger charge is 2.48. The van der Waals surface area contributed by atoms with Crippen LogP contribution < -0.4 is 10.2 Å². The molecule has 1 aliphatic heterocycles. The number of benzene rings is 1. The molecule has 1 heterocycles. The zero-order valence-corrected chi connectivity index (χ0v) is 13.4. The van der Waals surface area contributed by atoms with Gasteiger partial charge in [-0.2, -0.15) is 0 Å². The molecule has 1 saturated heterocycles. The third-order valence-corrected chi connectivity index (χ3v) is 5.04. The van der Waals surface area contributed by atoms with Crippen LogP contribution in [0.3, 0.4) is 0 Å². The Labute approximate surface area is 131 Å². The second-order valence-electron chi connectivity index (χ2n) is 6.79. The zero-order chi connectivity index (χ0) is 15.7. The number of nitrogens with one attached hydrogen (secondary N) is 1. The van der Waals surface area contributed by atoms with Crippen molar-refractivity contribution >= 4 is 17.5 Å². The Bertz CT molecular complexity index is 575. The van der Waals surface area contributed by atoms with Crippen molar-refractivity contribution in [3.05, 3.63) is 29.8 Å². The van der Waals surface area contributed by atoms with E-state index in [1.807, 2.05) is 38.1 Å². The quantitative estimate of drug-likeness (QED) is 0.933. The zero-order valence-electron chi connectivity index (χ0n) is 13.4. The molecule has 2 aliphatic rings. The second kappa shape index (κ2) is 5.75. The highest BCUT2D eigenvalue weighted by atomic mass is 16.2. The Morgan fingerprint density at radius 3 is 2.50 bits per heavy atom. The SMILES string of the molecule is Cc1ccc(N2C(=O)CCC2(C)C(=O)NC2CCCC2)cc1. The number of nitrogens with zero attached hydrogens (tertiary/aromatic N) is 1. The number of carbonyl (C=O) groups is 2. The molecule has 1 aromatic rings. The van der Waals surface area contributed by atoms with Crippen molar-refractivity contribution in [2.45, 2.75) is 64.0 Å². The van der Waals surface area contributed by atoms with E-state index in [2.05, 4.69) is 5.32 Å². The molecule has 2 fully saturated rings. The summed E-state index contributed by atoms with van der Waals surface area (Å²) in [5, 5.41) is 3.16. The number of amides is 2. The van der Waals surface area contributed by atoms with E-state index in [0.29, 0.717) is 12.8 Å². The molecule has 2 amide bonds. The Balaban J connectivity index is 1.84. The monoisotopic (exact) mass is 300 g/mol. The molecule has 1 aliphatic carbocycles. The molecule has 4 heteroatoms. The van der Waals surface area contributed by atoms with Gasteiger partial charge in [0.1, 0.15) is 5.54 Å². The molecule has 0 bridgehead atoms. The molecule has 118 valence electrons. The van der Waals surface area contributed by atoms with Crippen molar-refractivity contribution in [2.75, 3.05) is 4.90 Å². The molecule has 4 nitrogen and oxygen atoms in total. The third-order valence-electron chi connectivity index (χ3n) is 5.04. The Morgan fingerprint density at radius 1 is 1.23 bits per heavy atom. The van der Waals surface area contributed by atoms with Crippen LogP contribution in [0.2, 0.25) is 0 Å². The fourth-order valence-corrected chi connectivity index (χ4v) is 3.60. The maximum atomic E-state index is 12.8. The van der Waals surface area contributed by atoms with Crippen LogP contribution in [0.4, 0.5) is 5.69 Å². The summed E-state index contributed by atoms with van der Waals surface area (Å²) in [4.78, 5) is 26.9. The van der Waals surface area contributed by atoms with Crippen LogP contribution in [-0.4, -0.2) is 23.4 Å². The van der Waals surface area contributed by atoms with Gasteiger partial charge in [0.2, 0.25) is 11.8 Å². The molecule has 1 atom stereocenters. The summed E-state index contributed by atoms with van der Waals surface area (Å²) in [5.41, 5.74) is 1.19. The van der Waals surface area contributed by atoms with E-state index in [0.717, 1.165) is 24.1 Å². The smallest absolute Gasteiger partial charge is 0.246 e.